The molecular formula is C22H24O8S2. The first-order valence-electron chi connectivity index (χ1n) is 12.5. The molecule has 172 valence electrons. The number of fused-ring (bicyclic) bond motifs is 4. The van der Waals surface area contributed by atoms with Crippen molar-refractivity contribution in [2.24, 2.45) is 71.0 Å². The zero-order valence-electron chi connectivity index (χ0n) is 17.0. The summed E-state index contributed by atoms with van der Waals surface area (Å²) in [6.07, 6.45) is 1.25. The molecule has 0 radical (unpaired) electrons. The maximum Gasteiger partial charge on any atom is 0.305 e. The molecule has 3 aliphatic heterocycles. The van der Waals surface area contributed by atoms with Crippen LogP contribution in [0.5, 0.6) is 0 Å². The smallest absolute Gasteiger partial charge is 0.305 e. The van der Waals surface area contributed by atoms with Gasteiger partial charge in [0.05, 0.1) is 24.4 Å². The first-order valence-corrected chi connectivity index (χ1v) is 14.5. The van der Waals surface area contributed by atoms with Gasteiger partial charge in [0, 0.05) is 0 Å². The Hall–Kier alpha value is 0.0600. The average molecular weight is 481 g/mol. The van der Waals surface area contributed by atoms with E-state index in [1.807, 2.05) is 0 Å². The second kappa shape index (κ2) is 5.12. The van der Waals surface area contributed by atoms with Crippen molar-refractivity contribution in [1.82, 2.24) is 0 Å². The molecule has 0 aromatic rings. The van der Waals surface area contributed by atoms with Crippen LogP contribution >= 0.6 is 0 Å². The number of rotatable bonds is 0. The van der Waals surface area contributed by atoms with E-state index in [4.69, 9.17) is 26.2 Å². The third-order valence-electron chi connectivity index (χ3n) is 12.5. The monoisotopic (exact) mass is 480 g/mol. The van der Waals surface area contributed by atoms with Crippen LogP contribution in [0.2, 0.25) is 0 Å². The highest BCUT2D eigenvalue weighted by molar-refractivity contribution is 7.75. The maximum absolute atomic E-state index is 13.3. The summed E-state index contributed by atoms with van der Waals surface area (Å²) in [5.74, 6) is 4.95. The fourth-order valence-electron chi connectivity index (χ4n) is 12.6. The molecule has 8 saturated carbocycles. The second-order valence-electron chi connectivity index (χ2n) is 12.5. The number of ether oxygens (including phenoxy) is 2. The summed E-state index contributed by atoms with van der Waals surface area (Å²) in [4.78, 5) is 0. The van der Waals surface area contributed by atoms with Gasteiger partial charge < -0.3 is 9.47 Å². The zero-order chi connectivity index (χ0) is 20.4. The van der Waals surface area contributed by atoms with E-state index in [1.54, 1.807) is 0 Å². The zero-order valence-corrected chi connectivity index (χ0v) is 18.7. The van der Waals surface area contributed by atoms with Crippen LogP contribution in [0.15, 0.2) is 0 Å². The minimum absolute atomic E-state index is 0.0452. The van der Waals surface area contributed by atoms with Gasteiger partial charge in [-0.1, -0.05) is 0 Å². The third-order valence-corrected chi connectivity index (χ3v) is 14.1. The van der Waals surface area contributed by atoms with E-state index in [2.05, 4.69) is 0 Å². The van der Waals surface area contributed by atoms with E-state index in [0.29, 0.717) is 47.3 Å². The molecule has 11 rings (SSSR count). The van der Waals surface area contributed by atoms with Gasteiger partial charge in [0.25, 0.3) is 0 Å². The first-order chi connectivity index (χ1) is 15.7. The van der Waals surface area contributed by atoms with Gasteiger partial charge in [-0.05, 0) is 83.9 Å². The highest BCUT2D eigenvalue weighted by Crippen LogP contribution is 2.77. The summed E-state index contributed by atoms with van der Waals surface area (Å²) in [6, 6.07) is 0. The normalized spacial score (nSPS) is 80.4. The van der Waals surface area contributed by atoms with Crippen molar-refractivity contribution in [2.75, 3.05) is 0 Å². The lowest BCUT2D eigenvalue weighted by molar-refractivity contribution is -0.0586. The van der Waals surface area contributed by atoms with Gasteiger partial charge in [-0.25, -0.2) is 0 Å². The molecule has 3 saturated heterocycles. The lowest BCUT2D eigenvalue weighted by Gasteiger charge is -2.31. The predicted molar refractivity (Wildman–Crippen MR) is 104 cm³/mol. The van der Waals surface area contributed by atoms with Crippen molar-refractivity contribution in [2.45, 2.75) is 61.7 Å². The standard InChI is InChI=1S/C22H24O8S2/c23-31-27-19-11-3-1-4-8-7(3)15(19)25-16(8)20(12(4)11)28-32(24)30-22-14-6-2-5-9-10(6)18(22)26-17(9)21(29-31)13(5)14/h3-22H,1-2H2/t3-,4-,5-,6-,7-,8+,9+,10+,11+,12+,13+,14+,15-,16+,17+,18-,19+,20-,21-,22+,31?,32?/m0/s1. The SMILES string of the molecule is O=S1O[C@@H]2[C@@H]3O[C@@H]4[C@H](OS(=O)O[C@@H]5[C@@H]6O[C@@H]7[C@H](O1)[C@@H]1[C@H]8C[C@@H]([C@@H]6[C@H]87)[C@@H]51)[C@@H]1[C@H]5C[C@H]([C@@H]21)[C@@H]3[C@@H]54. The first kappa shape index (κ1) is 17.5. The molecule has 0 spiro atoms. The molecule has 0 amide bonds. The van der Waals surface area contributed by atoms with E-state index in [0.717, 1.165) is 0 Å². The molecule has 4 bridgehead atoms. The van der Waals surface area contributed by atoms with Gasteiger partial charge in [-0.3, -0.25) is 16.7 Å². The van der Waals surface area contributed by atoms with Crippen LogP contribution < -0.4 is 0 Å². The van der Waals surface area contributed by atoms with Crippen molar-refractivity contribution in [1.29, 1.82) is 0 Å². The Morgan fingerprint density at radius 1 is 0.406 bits per heavy atom. The molecule has 10 heteroatoms. The fraction of sp³-hybridized carbons (Fsp3) is 1.00. The lowest BCUT2D eigenvalue weighted by atomic mass is 9.79. The van der Waals surface area contributed by atoms with Crippen LogP contribution in [0.1, 0.15) is 12.8 Å². The fourth-order valence-corrected chi connectivity index (χ4v) is 14.3. The topological polar surface area (TPSA) is 89.5 Å². The summed E-state index contributed by atoms with van der Waals surface area (Å²) < 4.78 is 64.6. The van der Waals surface area contributed by atoms with E-state index in [9.17, 15) is 8.42 Å². The summed E-state index contributed by atoms with van der Waals surface area (Å²) in [5.41, 5.74) is 0. The molecule has 8 aliphatic carbocycles. The Morgan fingerprint density at radius 3 is 0.938 bits per heavy atom. The molecule has 32 heavy (non-hydrogen) atoms. The maximum atomic E-state index is 13.3. The molecule has 0 N–H and O–H groups in total. The van der Waals surface area contributed by atoms with Crippen LogP contribution in [0.4, 0.5) is 0 Å². The quantitative estimate of drug-likeness (QED) is 0.496. The Morgan fingerprint density at radius 2 is 0.656 bits per heavy atom. The Labute approximate surface area is 190 Å². The van der Waals surface area contributed by atoms with Gasteiger partial charge >= 0.3 is 22.7 Å². The molecule has 0 aromatic carbocycles. The van der Waals surface area contributed by atoms with Crippen LogP contribution in [-0.2, 0) is 48.9 Å². The molecule has 8 nitrogen and oxygen atoms in total. The largest absolute Gasteiger partial charge is 0.369 e. The minimum atomic E-state index is -1.83. The molecule has 3 heterocycles. The number of hydrogen-bond acceptors (Lipinski definition) is 8. The van der Waals surface area contributed by atoms with Gasteiger partial charge in [0.15, 0.2) is 0 Å². The van der Waals surface area contributed by atoms with Crippen LogP contribution in [-0.4, -0.2) is 57.2 Å². The molecule has 0 aromatic heterocycles. The highest BCUT2D eigenvalue weighted by atomic mass is 32.2. The molecule has 11 aliphatic rings. The van der Waals surface area contributed by atoms with Crippen molar-refractivity contribution in [3.63, 3.8) is 0 Å². The summed E-state index contributed by atoms with van der Waals surface area (Å²) >= 11 is -3.65. The molecule has 11 fully saturated rings. The molecule has 2 unspecified atom stereocenters. The molecular weight excluding hydrogens is 456 g/mol. The van der Waals surface area contributed by atoms with E-state index in [-0.39, 0.29) is 72.5 Å². The second-order valence-corrected chi connectivity index (χ2v) is 14.1. The van der Waals surface area contributed by atoms with Crippen molar-refractivity contribution < 1.29 is 34.6 Å². The summed E-state index contributed by atoms with van der Waals surface area (Å²) in [7, 11) is 0. The average Bonchev–Trinajstić information content (AvgIpc) is 3.53. The van der Waals surface area contributed by atoms with E-state index >= 15 is 0 Å². The molecule has 22 atom stereocenters. The van der Waals surface area contributed by atoms with E-state index < -0.39 is 22.7 Å². The van der Waals surface area contributed by atoms with Gasteiger partial charge in [-0.15, -0.1) is 0 Å². The Balaban J connectivity index is 1.05. The van der Waals surface area contributed by atoms with Crippen molar-refractivity contribution in [3.05, 3.63) is 0 Å². The highest BCUT2D eigenvalue weighted by Gasteiger charge is 2.82. The van der Waals surface area contributed by atoms with Crippen molar-refractivity contribution in [3.8, 4) is 0 Å². The lowest BCUT2D eigenvalue weighted by Crippen LogP contribution is -2.40. The summed E-state index contributed by atoms with van der Waals surface area (Å²) in [5, 5.41) is 0. The van der Waals surface area contributed by atoms with Gasteiger partial charge in [0.1, 0.15) is 24.4 Å². The Kier molecular flexibility index (Phi) is 2.80. The predicted octanol–water partition coefficient (Wildman–Crippen LogP) is 0.516. The van der Waals surface area contributed by atoms with Crippen LogP contribution in [0, 0.1) is 71.0 Å². The Bertz CT molecular complexity index is 887. The van der Waals surface area contributed by atoms with Gasteiger partial charge in [0.2, 0.25) is 0 Å². The van der Waals surface area contributed by atoms with Crippen LogP contribution in [0.3, 0.4) is 0 Å². The van der Waals surface area contributed by atoms with Crippen molar-refractivity contribution >= 4 is 22.7 Å². The number of hydrogen-bond donors (Lipinski definition) is 0. The van der Waals surface area contributed by atoms with E-state index in [1.165, 1.54) is 12.8 Å². The van der Waals surface area contributed by atoms with Gasteiger partial charge in [-0.2, -0.15) is 8.42 Å². The minimum Gasteiger partial charge on any atom is -0.369 e. The summed E-state index contributed by atoms with van der Waals surface area (Å²) in [6.45, 7) is 0. The van der Waals surface area contributed by atoms with Crippen LogP contribution in [0.25, 0.3) is 0 Å². The third kappa shape index (κ3) is 1.55.